The molecule has 24 heavy (non-hydrogen) atoms. The third-order valence-electron chi connectivity index (χ3n) is 4.53. The third kappa shape index (κ3) is 2.96. The van der Waals surface area contributed by atoms with Crippen molar-refractivity contribution in [3.05, 3.63) is 38.8 Å². The molecule has 6 nitrogen and oxygen atoms in total. The summed E-state index contributed by atoms with van der Waals surface area (Å²) in [6.07, 6.45) is 0. The molecule has 0 aromatic carbocycles. The van der Waals surface area contributed by atoms with E-state index in [9.17, 15) is 9.59 Å². The Morgan fingerprint density at radius 1 is 1.00 bits per heavy atom. The number of aryl methyl sites for hydroxylation is 3. The van der Waals surface area contributed by atoms with Gasteiger partial charge < -0.3 is 9.80 Å². The van der Waals surface area contributed by atoms with Crippen LogP contribution in [0, 0.1) is 20.8 Å². The van der Waals surface area contributed by atoms with Crippen molar-refractivity contribution in [3.8, 4) is 0 Å². The predicted octanol–water partition coefficient (Wildman–Crippen LogP) is 2.01. The van der Waals surface area contributed by atoms with Crippen LogP contribution in [-0.2, 0) is 7.05 Å². The summed E-state index contributed by atoms with van der Waals surface area (Å²) in [6, 6.07) is 3.84. The lowest BCUT2D eigenvalue weighted by Gasteiger charge is -2.34. The van der Waals surface area contributed by atoms with Gasteiger partial charge in [0.1, 0.15) is 0 Å². The first-order chi connectivity index (χ1) is 11.4. The Labute approximate surface area is 145 Å². The topological polar surface area (TPSA) is 58.4 Å². The average Bonchev–Trinajstić information content (AvgIpc) is 3.10. The van der Waals surface area contributed by atoms with Gasteiger partial charge in [-0.15, -0.1) is 11.3 Å². The Morgan fingerprint density at radius 2 is 1.58 bits per heavy atom. The fourth-order valence-corrected chi connectivity index (χ4v) is 3.89. The lowest BCUT2D eigenvalue weighted by atomic mass is 10.1. The zero-order valence-electron chi connectivity index (χ0n) is 14.5. The highest BCUT2D eigenvalue weighted by molar-refractivity contribution is 7.13. The number of carbonyl (C=O) groups excluding carboxylic acids is 2. The molecule has 2 amide bonds. The number of hydrogen-bond acceptors (Lipinski definition) is 4. The van der Waals surface area contributed by atoms with Gasteiger partial charge >= 0.3 is 0 Å². The molecule has 1 fully saturated rings. The zero-order chi connectivity index (χ0) is 17.4. The lowest BCUT2D eigenvalue weighted by molar-refractivity contribution is 0.0537. The Balaban J connectivity index is 1.66. The molecule has 3 rings (SSSR count). The average molecular weight is 346 g/mol. The summed E-state index contributed by atoms with van der Waals surface area (Å²) in [5.74, 6) is 0.0751. The van der Waals surface area contributed by atoms with Crippen LogP contribution >= 0.6 is 11.3 Å². The van der Waals surface area contributed by atoms with Crippen molar-refractivity contribution in [3.63, 3.8) is 0 Å². The van der Waals surface area contributed by atoms with E-state index in [-0.39, 0.29) is 11.8 Å². The van der Waals surface area contributed by atoms with Gasteiger partial charge in [-0.25, -0.2) is 0 Å². The van der Waals surface area contributed by atoms with Gasteiger partial charge in [-0.05, 0) is 32.9 Å². The van der Waals surface area contributed by atoms with Crippen LogP contribution in [0.2, 0.25) is 0 Å². The summed E-state index contributed by atoms with van der Waals surface area (Å²) in [5.41, 5.74) is 2.32. The van der Waals surface area contributed by atoms with Crippen molar-refractivity contribution in [2.24, 2.45) is 7.05 Å². The fraction of sp³-hybridized carbons (Fsp3) is 0.471. The van der Waals surface area contributed by atoms with Crippen molar-refractivity contribution < 1.29 is 9.59 Å². The maximum Gasteiger partial charge on any atom is 0.264 e. The molecule has 2 aromatic rings. The molecule has 0 aliphatic carbocycles. The maximum atomic E-state index is 12.8. The molecule has 0 radical (unpaired) electrons. The van der Waals surface area contributed by atoms with Gasteiger partial charge in [0.15, 0.2) is 0 Å². The molecule has 0 N–H and O–H groups in total. The maximum absolute atomic E-state index is 12.8. The molecule has 7 heteroatoms. The van der Waals surface area contributed by atoms with Crippen LogP contribution in [0.1, 0.15) is 36.3 Å². The van der Waals surface area contributed by atoms with Crippen molar-refractivity contribution in [1.29, 1.82) is 0 Å². The van der Waals surface area contributed by atoms with Crippen LogP contribution < -0.4 is 0 Å². The molecule has 0 spiro atoms. The molecule has 0 atom stereocenters. The van der Waals surface area contributed by atoms with Crippen molar-refractivity contribution in [2.45, 2.75) is 20.8 Å². The number of thiophene rings is 1. The number of carbonyl (C=O) groups is 2. The van der Waals surface area contributed by atoms with E-state index in [1.807, 2.05) is 49.8 Å². The second kappa shape index (κ2) is 6.39. The smallest absolute Gasteiger partial charge is 0.264 e. The SMILES string of the molecule is Cc1ccc(C(=O)N2CCN(C(=O)c3c(C)nn(C)c3C)CC2)s1. The number of aromatic nitrogens is 2. The van der Waals surface area contributed by atoms with E-state index in [1.165, 1.54) is 11.3 Å². The Kier molecular flexibility index (Phi) is 4.45. The summed E-state index contributed by atoms with van der Waals surface area (Å²) < 4.78 is 1.74. The summed E-state index contributed by atoms with van der Waals surface area (Å²) in [4.78, 5) is 30.8. The summed E-state index contributed by atoms with van der Waals surface area (Å²) in [7, 11) is 1.85. The minimum atomic E-state index is 0.0113. The second-order valence-electron chi connectivity index (χ2n) is 6.16. The van der Waals surface area contributed by atoms with E-state index in [0.717, 1.165) is 21.1 Å². The second-order valence-corrected chi connectivity index (χ2v) is 7.45. The molecule has 128 valence electrons. The first kappa shape index (κ1) is 16.7. The number of rotatable bonds is 2. The van der Waals surface area contributed by atoms with Crippen LogP contribution in [-0.4, -0.2) is 57.6 Å². The highest BCUT2D eigenvalue weighted by atomic mass is 32.1. The van der Waals surface area contributed by atoms with Crippen LogP contribution in [0.4, 0.5) is 0 Å². The minimum Gasteiger partial charge on any atom is -0.335 e. The summed E-state index contributed by atoms with van der Waals surface area (Å²) >= 11 is 1.52. The van der Waals surface area contributed by atoms with E-state index >= 15 is 0 Å². The molecule has 1 saturated heterocycles. The molecule has 0 bridgehead atoms. The van der Waals surface area contributed by atoms with Crippen molar-refractivity contribution in [1.82, 2.24) is 19.6 Å². The highest BCUT2D eigenvalue weighted by Gasteiger charge is 2.28. The van der Waals surface area contributed by atoms with Gasteiger partial charge in [0.2, 0.25) is 0 Å². The molecule has 0 saturated carbocycles. The summed E-state index contributed by atoms with van der Waals surface area (Å²) in [6.45, 7) is 8.02. The highest BCUT2D eigenvalue weighted by Crippen LogP contribution is 2.20. The van der Waals surface area contributed by atoms with Crippen molar-refractivity contribution in [2.75, 3.05) is 26.2 Å². The normalized spacial score (nSPS) is 15.0. The van der Waals surface area contributed by atoms with Crippen LogP contribution in [0.5, 0.6) is 0 Å². The first-order valence-corrected chi connectivity index (χ1v) is 8.85. The first-order valence-electron chi connectivity index (χ1n) is 8.03. The van der Waals surface area contributed by atoms with Gasteiger partial charge in [0, 0.05) is 43.8 Å². The lowest BCUT2D eigenvalue weighted by Crippen LogP contribution is -2.50. The van der Waals surface area contributed by atoms with E-state index in [4.69, 9.17) is 0 Å². The van der Waals surface area contributed by atoms with Crippen molar-refractivity contribution >= 4 is 23.2 Å². The molecule has 1 aliphatic rings. The monoisotopic (exact) mass is 346 g/mol. The predicted molar refractivity (Wildman–Crippen MR) is 93.5 cm³/mol. The quantitative estimate of drug-likeness (QED) is 0.836. The van der Waals surface area contributed by atoms with E-state index in [0.29, 0.717) is 31.7 Å². The van der Waals surface area contributed by atoms with Gasteiger partial charge in [-0.1, -0.05) is 0 Å². The standard InChI is InChI=1S/C17H22N4O2S/c1-11-5-6-14(24-11)16(22)20-7-9-21(10-8-20)17(23)15-12(2)18-19(4)13(15)3/h5-6H,7-10H2,1-4H3. The van der Waals surface area contributed by atoms with E-state index in [2.05, 4.69) is 5.10 Å². The van der Waals surface area contributed by atoms with Gasteiger partial charge in [0.25, 0.3) is 11.8 Å². The molecular weight excluding hydrogens is 324 g/mol. The molecule has 1 aliphatic heterocycles. The minimum absolute atomic E-state index is 0.0113. The Bertz CT molecular complexity index is 785. The Hall–Kier alpha value is -2.15. The fourth-order valence-electron chi connectivity index (χ4n) is 3.06. The number of amides is 2. The molecular formula is C17H22N4O2S. The van der Waals surface area contributed by atoms with Crippen LogP contribution in [0.25, 0.3) is 0 Å². The van der Waals surface area contributed by atoms with Crippen LogP contribution in [0.3, 0.4) is 0 Å². The van der Waals surface area contributed by atoms with Crippen LogP contribution in [0.15, 0.2) is 12.1 Å². The molecule has 2 aromatic heterocycles. The number of hydrogen-bond donors (Lipinski definition) is 0. The number of piperazine rings is 1. The Morgan fingerprint density at radius 3 is 2.04 bits per heavy atom. The van der Waals surface area contributed by atoms with Gasteiger partial charge in [0.05, 0.1) is 16.1 Å². The third-order valence-corrected chi connectivity index (χ3v) is 5.52. The van der Waals surface area contributed by atoms with E-state index < -0.39 is 0 Å². The van der Waals surface area contributed by atoms with Gasteiger partial charge in [-0.3, -0.25) is 14.3 Å². The zero-order valence-corrected chi connectivity index (χ0v) is 15.3. The molecule has 3 heterocycles. The number of nitrogens with zero attached hydrogens (tertiary/aromatic N) is 4. The summed E-state index contributed by atoms with van der Waals surface area (Å²) in [5, 5.41) is 4.32. The largest absolute Gasteiger partial charge is 0.335 e. The van der Waals surface area contributed by atoms with E-state index in [1.54, 1.807) is 4.68 Å². The van der Waals surface area contributed by atoms with Gasteiger partial charge in [-0.2, -0.15) is 5.10 Å². The molecule has 0 unspecified atom stereocenters.